The minimum Gasteiger partial charge on any atom is -0.466 e. The van der Waals surface area contributed by atoms with Crippen LogP contribution in [-0.4, -0.2) is 72.5 Å². The van der Waals surface area contributed by atoms with Crippen molar-refractivity contribution in [2.24, 2.45) is 0 Å². The van der Waals surface area contributed by atoms with E-state index < -0.39 is 12.1 Å². The molecule has 2 aromatic heterocycles. The number of carbonyl (C=O) groups excluding carboxylic acids is 1. The number of aromatic nitrogens is 5. The molecule has 0 spiro atoms. The van der Waals surface area contributed by atoms with Gasteiger partial charge in [0.25, 0.3) is 0 Å². The summed E-state index contributed by atoms with van der Waals surface area (Å²) in [4.78, 5) is 27.5. The Hall–Kier alpha value is -3.24. The number of hydrogen-bond acceptors (Lipinski definition) is 11. The molecule has 0 amide bonds. The van der Waals surface area contributed by atoms with Crippen molar-refractivity contribution >= 4 is 17.9 Å². The average molecular weight is 363 g/mol. The van der Waals surface area contributed by atoms with Crippen molar-refractivity contribution in [1.82, 2.24) is 25.1 Å². The number of nitrogens with zero attached hydrogens (tertiary/aromatic N) is 7. The van der Waals surface area contributed by atoms with Gasteiger partial charge in [-0.1, -0.05) is 0 Å². The van der Waals surface area contributed by atoms with E-state index in [1.165, 1.54) is 19.2 Å². The van der Waals surface area contributed by atoms with Crippen molar-refractivity contribution in [3.05, 3.63) is 12.1 Å². The molecule has 26 heavy (non-hydrogen) atoms. The highest BCUT2D eigenvalue weighted by Crippen LogP contribution is 2.20. The molecule has 0 fully saturated rings. The highest BCUT2D eigenvalue weighted by molar-refractivity contribution is 5.74. The third-order valence-electron chi connectivity index (χ3n) is 3.03. The Morgan fingerprint density at radius 3 is 1.96 bits per heavy atom. The Morgan fingerprint density at radius 2 is 1.50 bits per heavy atom. The van der Waals surface area contributed by atoms with Crippen molar-refractivity contribution in [3.8, 4) is 17.8 Å². The minimum atomic E-state index is -0.796. The maximum atomic E-state index is 11.3. The first kappa shape index (κ1) is 19.1. The Morgan fingerprint density at radius 1 is 0.962 bits per heavy atom. The van der Waals surface area contributed by atoms with Gasteiger partial charge < -0.3 is 24.0 Å². The number of anilines is 2. The SMILES string of the molecule is COC(=O)C(C)Oc1ccc(Oc2nc(N(C)C)nc(N(C)C)n2)nn1. The zero-order valence-electron chi connectivity index (χ0n) is 15.5. The predicted octanol–water partition coefficient (Wildman–Crippen LogP) is 0.526. The zero-order valence-corrected chi connectivity index (χ0v) is 15.5. The molecule has 0 aliphatic rings. The molecular formula is C15H21N7O4. The van der Waals surface area contributed by atoms with Crippen LogP contribution < -0.4 is 19.3 Å². The Balaban J connectivity index is 2.14. The first-order valence-electron chi connectivity index (χ1n) is 7.67. The van der Waals surface area contributed by atoms with Gasteiger partial charge in [0.1, 0.15) is 0 Å². The molecule has 0 bridgehead atoms. The van der Waals surface area contributed by atoms with Crippen LogP contribution in [0.2, 0.25) is 0 Å². The smallest absolute Gasteiger partial charge is 0.346 e. The van der Waals surface area contributed by atoms with Crippen LogP contribution >= 0.6 is 0 Å². The number of esters is 1. The summed E-state index contributed by atoms with van der Waals surface area (Å²) < 4.78 is 15.4. The molecule has 11 heteroatoms. The van der Waals surface area contributed by atoms with Gasteiger partial charge in [-0.3, -0.25) is 0 Å². The van der Waals surface area contributed by atoms with E-state index in [0.717, 1.165) is 0 Å². The summed E-state index contributed by atoms with van der Waals surface area (Å²) in [5.74, 6) is 0.708. The second kappa shape index (κ2) is 8.23. The van der Waals surface area contributed by atoms with Crippen LogP contribution in [0.5, 0.6) is 17.8 Å². The standard InChI is InChI=1S/C15H21N7O4/c1-9(12(23)24-6)25-10-7-8-11(20-19-10)26-15-17-13(21(2)3)16-14(18-15)22(4)5/h7-9H,1-6H3. The number of methoxy groups -OCH3 is 1. The second-order valence-corrected chi connectivity index (χ2v) is 5.60. The summed E-state index contributed by atoms with van der Waals surface area (Å²) in [6, 6.07) is 3.13. The first-order chi connectivity index (χ1) is 12.3. The summed E-state index contributed by atoms with van der Waals surface area (Å²) in [6.07, 6.45) is -0.796. The predicted molar refractivity (Wildman–Crippen MR) is 92.7 cm³/mol. The van der Waals surface area contributed by atoms with Crippen molar-refractivity contribution in [3.63, 3.8) is 0 Å². The third kappa shape index (κ3) is 4.88. The lowest BCUT2D eigenvalue weighted by Gasteiger charge is -2.15. The Labute approximate surface area is 150 Å². The summed E-state index contributed by atoms with van der Waals surface area (Å²) >= 11 is 0. The van der Waals surface area contributed by atoms with Crippen molar-refractivity contribution in [1.29, 1.82) is 0 Å². The topological polar surface area (TPSA) is 116 Å². The fraction of sp³-hybridized carbons (Fsp3) is 0.467. The third-order valence-corrected chi connectivity index (χ3v) is 3.03. The number of rotatable bonds is 7. The zero-order chi connectivity index (χ0) is 19.3. The van der Waals surface area contributed by atoms with Crippen molar-refractivity contribution in [2.45, 2.75) is 13.0 Å². The van der Waals surface area contributed by atoms with Gasteiger partial charge in [0.2, 0.25) is 23.7 Å². The lowest BCUT2D eigenvalue weighted by atomic mass is 10.4. The van der Waals surface area contributed by atoms with Crippen LogP contribution in [0, 0.1) is 0 Å². The lowest BCUT2D eigenvalue weighted by Crippen LogP contribution is -2.25. The molecular weight excluding hydrogens is 342 g/mol. The first-order valence-corrected chi connectivity index (χ1v) is 7.67. The lowest BCUT2D eigenvalue weighted by molar-refractivity contribution is -0.148. The summed E-state index contributed by atoms with van der Waals surface area (Å²) in [6.45, 7) is 1.55. The highest BCUT2D eigenvalue weighted by atomic mass is 16.6. The summed E-state index contributed by atoms with van der Waals surface area (Å²) in [7, 11) is 8.53. The summed E-state index contributed by atoms with van der Waals surface area (Å²) in [5, 5.41) is 7.73. The van der Waals surface area contributed by atoms with Gasteiger partial charge in [0, 0.05) is 40.3 Å². The summed E-state index contributed by atoms with van der Waals surface area (Å²) in [5.41, 5.74) is 0. The monoisotopic (exact) mass is 363 g/mol. The largest absolute Gasteiger partial charge is 0.466 e. The van der Waals surface area contributed by atoms with Gasteiger partial charge in [-0.15, -0.1) is 10.2 Å². The molecule has 0 aromatic carbocycles. The average Bonchev–Trinajstić information content (AvgIpc) is 2.62. The van der Waals surface area contributed by atoms with Crippen molar-refractivity contribution in [2.75, 3.05) is 45.1 Å². The van der Waals surface area contributed by atoms with Crippen LogP contribution in [-0.2, 0) is 9.53 Å². The number of carbonyl (C=O) groups is 1. The van der Waals surface area contributed by atoms with Crippen LogP contribution in [0.25, 0.3) is 0 Å². The molecule has 2 rings (SSSR count). The van der Waals surface area contributed by atoms with E-state index in [1.807, 2.05) is 28.2 Å². The van der Waals surface area contributed by atoms with Crippen molar-refractivity contribution < 1.29 is 19.0 Å². The van der Waals surface area contributed by atoms with E-state index in [0.29, 0.717) is 11.9 Å². The maximum Gasteiger partial charge on any atom is 0.346 e. The maximum absolute atomic E-state index is 11.3. The van der Waals surface area contributed by atoms with E-state index in [4.69, 9.17) is 9.47 Å². The van der Waals surface area contributed by atoms with Gasteiger partial charge in [-0.25, -0.2) is 4.79 Å². The highest BCUT2D eigenvalue weighted by Gasteiger charge is 2.16. The van der Waals surface area contributed by atoms with Crippen LogP contribution in [0.3, 0.4) is 0 Å². The molecule has 2 aromatic rings. The van der Waals surface area contributed by atoms with Crippen LogP contribution in [0.1, 0.15) is 6.92 Å². The van der Waals surface area contributed by atoms with Gasteiger partial charge in [0.15, 0.2) is 6.10 Å². The molecule has 140 valence electrons. The second-order valence-electron chi connectivity index (χ2n) is 5.60. The quantitative estimate of drug-likeness (QED) is 0.641. The molecule has 0 aliphatic heterocycles. The Kier molecular flexibility index (Phi) is 6.04. The van der Waals surface area contributed by atoms with Crippen LogP contribution in [0.15, 0.2) is 12.1 Å². The fourth-order valence-electron chi connectivity index (χ4n) is 1.69. The van der Waals surface area contributed by atoms with Gasteiger partial charge >= 0.3 is 12.0 Å². The van der Waals surface area contributed by atoms with E-state index in [1.54, 1.807) is 16.7 Å². The Bertz CT molecular complexity index is 726. The van der Waals surface area contributed by atoms with E-state index in [-0.39, 0.29) is 17.8 Å². The van der Waals surface area contributed by atoms with E-state index in [2.05, 4.69) is 29.9 Å². The van der Waals surface area contributed by atoms with Gasteiger partial charge in [-0.05, 0) is 6.92 Å². The molecule has 11 nitrogen and oxygen atoms in total. The normalized spacial score (nSPS) is 11.5. The van der Waals surface area contributed by atoms with Crippen LogP contribution in [0.4, 0.5) is 11.9 Å². The molecule has 2 heterocycles. The van der Waals surface area contributed by atoms with E-state index in [9.17, 15) is 4.79 Å². The molecule has 0 saturated carbocycles. The fourth-order valence-corrected chi connectivity index (χ4v) is 1.69. The number of ether oxygens (including phenoxy) is 3. The minimum absolute atomic E-state index is 0.0818. The van der Waals surface area contributed by atoms with Gasteiger partial charge in [0.05, 0.1) is 7.11 Å². The molecule has 1 unspecified atom stereocenters. The molecule has 0 radical (unpaired) electrons. The molecule has 0 aliphatic carbocycles. The molecule has 0 saturated heterocycles. The van der Waals surface area contributed by atoms with Gasteiger partial charge in [-0.2, -0.15) is 15.0 Å². The number of hydrogen-bond donors (Lipinski definition) is 0. The van der Waals surface area contributed by atoms with E-state index >= 15 is 0 Å². The molecule has 0 N–H and O–H groups in total. The molecule has 1 atom stereocenters.